The number of hydrogen-bond donors (Lipinski definition) is 2. The number of rotatable bonds is 7. The summed E-state index contributed by atoms with van der Waals surface area (Å²) in [6, 6.07) is 14.9. The van der Waals surface area contributed by atoms with Crippen molar-refractivity contribution in [1.29, 1.82) is 0 Å². The molecular weight excluding hydrogens is 349 g/mol. The van der Waals surface area contributed by atoms with Crippen LogP contribution in [0.3, 0.4) is 0 Å². The van der Waals surface area contributed by atoms with E-state index in [1.165, 1.54) is 43.4 Å². The summed E-state index contributed by atoms with van der Waals surface area (Å²) in [6.07, 6.45) is 10.6. The summed E-state index contributed by atoms with van der Waals surface area (Å²) in [5.74, 6) is 0.509. The fraction of sp³-hybridized carbons (Fsp3) is 0.292. The van der Waals surface area contributed by atoms with Crippen molar-refractivity contribution in [3.63, 3.8) is 0 Å². The number of nitrogens with zero attached hydrogens (tertiary/aromatic N) is 1. The fourth-order valence-corrected chi connectivity index (χ4v) is 3.68. The Bertz CT molecular complexity index is 940. The molecule has 0 atom stereocenters. The molecule has 0 unspecified atom stereocenters. The molecule has 2 N–H and O–H groups in total. The Morgan fingerprint density at radius 1 is 1.04 bits per heavy atom. The van der Waals surface area contributed by atoms with Crippen molar-refractivity contribution in [1.82, 2.24) is 15.3 Å². The number of nitrogens with one attached hydrogen (secondary N) is 2. The molecule has 1 aliphatic carbocycles. The zero-order valence-corrected chi connectivity index (χ0v) is 16.0. The third-order valence-electron chi connectivity index (χ3n) is 5.27. The minimum Gasteiger partial charge on any atom is -0.338 e. The molecule has 0 bridgehead atoms. The van der Waals surface area contributed by atoms with Crippen LogP contribution in [0.15, 0.2) is 66.4 Å². The molecule has 1 heterocycles. The van der Waals surface area contributed by atoms with Gasteiger partial charge in [-0.15, -0.1) is 0 Å². The maximum Gasteiger partial charge on any atom is 0.137 e. The summed E-state index contributed by atoms with van der Waals surface area (Å²) in [5.41, 5.74) is 5.82. The molecule has 0 saturated heterocycles. The highest BCUT2D eigenvalue weighted by molar-refractivity contribution is 5.64. The normalized spacial score (nSPS) is 14.1. The second kappa shape index (κ2) is 8.98. The Kier molecular flexibility index (Phi) is 5.98. The molecule has 4 rings (SSSR count). The number of aromatic nitrogens is 2. The molecule has 28 heavy (non-hydrogen) atoms. The Morgan fingerprint density at radius 2 is 1.93 bits per heavy atom. The van der Waals surface area contributed by atoms with Gasteiger partial charge < -0.3 is 10.3 Å². The zero-order chi connectivity index (χ0) is 19.2. The second-order valence-electron chi connectivity index (χ2n) is 7.39. The molecule has 0 aliphatic heterocycles. The molecule has 0 radical (unpaired) electrons. The van der Waals surface area contributed by atoms with Crippen LogP contribution in [0.4, 0.5) is 4.39 Å². The molecule has 3 aromatic rings. The van der Waals surface area contributed by atoms with Gasteiger partial charge in [0, 0.05) is 12.1 Å². The standard InChI is InChI=1S/C24H26FN3/c25-22-11-9-20(10-12-22)24-27-17-23(28-24)21-8-4-7-19(15-21)16-26-14-13-18-5-2-1-3-6-18/h4-5,7-12,15,17,26H,1-3,6,13-14,16H2,(H,27,28). The van der Waals surface area contributed by atoms with E-state index < -0.39 is 0 Å². The van der Waals surface area contributed by atoms with E-state index in [0.29, 0.717) is 0 Å². The van der Waals surface area contributed by atoms with Gasteiger partial charge in [0.05, 0.1) is 11.9 Å². The van der Waals surface area contributed by atoms with Gasteiger partial charge in [0.25, 0.3) is 0 Å². The average Bonchev–Trinajstić information content (AvgIpc) is 3.23. The van der Waals surface area contributed by atoms with Crippen LogP contribution in [0, 0.1) is 5.82 Å². The third kappa shape index (κ3) is 4.76. The fourth-order valence-electron chi connectivity index (χ4n) is 3.68. The number of hydrogen-bond acceptors (Lipinski definition) is 2. The first kappa shape index (κ1) is 18.6. The molecule has 4 heteroatoms. The molecule has 0 fully saturated rings. The highest BCUT2D eigenvalue weighted by Gasteiger charge is 2.07. The van der Waals surface area contributed by atoms with E-state index in [4.69, 9.17) is 0 Å². The zero-order valence-electron chi connectivity index (χ0n) is 16.0. The van der Waals surface area contributed by atoms with Crippen molar-refractivity contribution in [2.75, 3.05) is 6.54 Å². The van der Waals surface area contributed by atoms with Crippen LogP contribution in [0.25, 0.3) is 22.6 Å². The quantitative estimate of drug-likeness (QED) is 0.401. The van der Waals surface area contributed by atoms with E-state index in [1.807, 2.05) is 6.20 Å². The molecule has 144 valence electrons. The van der Waals surface area contributed by atoms with Crippen molar-refractivity contribution in [3.8, 4) is 22.6 Å². The summed E-state index contributed by atoms with van der Waals surface area (Å²) >= 11 is 0. The van der Waals surface area contributed by atoms with Crippen LogP contribution in [-0.4, -0.2) is 16.5 Å². The third-order valence-corrected chi connectivity index (χ3v) is 5.27. The first-order valence-corrected chi connectivity index (χ1v) is 10.1. The van der Waals surface area contributed by atoms with Gasteiger partial charge in [0.1, 0.15) is 11.6 Å². The average molecular weight is 375 g/mol. The van der Waals surface area contributed by atoms with E-state index in [1.54, 1.807) is 17.7 Å². The van der Waals surface area contributed by atoms with Gasteiger partial charge in [-0.2, -0.15) is 0 Å². The van der Waals surface area contributed by atoms with Crippen molar-refractivity contribution in [2.45, 2.75) is 38.6 Å². The van der Waals surface area contributed by atoms with Crippen molar-refractivity contribution < 1.29 is 4.39 Å². The number of allylic oxidation sites excluding steroid dienone is 1. The summed E-state index contributed by atoms with van der Waals surface area (Å²) in [5, 5.41) is 3.56. The number of H-pyrrole nitrogens is 1. The van der Waals surface area contributed by atoms with Crippen LogP contribution in [0.2, 0.25) is 0 Å². The Balaban J connectivity index is 1.37. The SMILES string of the molecule is Fc1ccc(-c2ncc(-c3cccc(CNCCC4=CCCCC4)c3)[nH]2)cc1. The summed E-state index contributed by atoms with van der Waals surface area (Å²) in [7, 11) is 0. The molecular formula is C24H26FN3. The molecule has 0 spiro atoms. The predicted molar refractivity (Wildman–Crippen MR) is 112 cm³/mol. The number of halogens is 1. The van der Waals surface area contributed by atoms with Crippen LogP contribution in [-0.2, 0) is 6.54 Å². The maximum atomic E-state index is 13.1. The van der Waals surface area contributed by atoms with Gasteiger partial charge in [-0.3, -0.25) is 0 Å². The minimum atomic E-state index is -0.240. The molecule has 1 aliphatic rings. The van der Waals surface area contributed by atoms with E-state index in [9.17, 15) is 4.39 Å². The van der Waals surface area contributed by atoms with Crippen molar-refractivity contribution in [3.05, 3.63) is 77.8 Å². The topological polar surface area (TPSA) is 40.7 Å². The van der Waals surface area contributed by atoms with Gasteiger partial charge in [0.15, 0.2) is 0 Å². The highest BCUT2D eigenvalue weighted by atomic mass is 19.1. The summed E-state index contributed by atoms with van der Waals surface area (Å²) in [6.45, 7) is 1.88. The van der Waals surface area contributed by atoms with Crippen LogP contribution >= 0.6 is 0 Å². The lowest BCUT2D eigenvalue weighted by Gasteiger charge is -2.13. The highest BCUT2D eigenvalue weighted by Crippen LogP contribution is 2.23. The van der Waals surface area contributed by atoms with Gasteiger partial charge in [0.2, 0.25) is 0 Å². The molecule has 0 saturated carbocycles. The van der Waals surface area contributed by atoms with Gasteiger partial charge in [-0.05, 0) is 80.1 Å². The van der Waals surface area contributed by atoms with Gasteiger partial charge >= 0.3 is 0 Å². The molecule has 0 amide bonds. The first-order valence-electron chi connectivity index (χ1n) is 10.1. The molecule has 2 aromatic carbocycles. The van der Waals surface area contributed by atoms with E-state index in [2.05, 4.69) is 45.6 Å². The van der Waals surface area contributed by atoms with E-state index in [0.717, 1.165) is 42.2 Å². The predicted octanol–water partition coefficient (Wildman–Crippen LogP) is 5.86. The maximum absolute atomic E-state index is 13.1. The smallest absolute Gasteiger partial charge is 0.137 e. The minimum absolute atomic E-state index is 0.240. The first-order chi connectivity index (χ1) is 13.8. The van der Waals surface area contributed by atoms with Crippen molar-refractivity contribution in [2.24, 2.45) is 0 Å². The van der Waals surface area contributed by atoms with Crippen LogP contribution < -0.4 is 5.32 Å². The lowest BCUT2D eigenvalue weighted by molar-refractivity contribution is 0.628. The Morgan fingerprint density at radius 3 is 2.75 bits per heavy atom. The van der Waals surface area contributed by atoms with Crippen LogP contribution in [0.5, 0.6) is 0 Å². The van der Waals surface area contributed by atoms with Gasteiger partial charge in [-0.25, -0.2) is 9.37 Å². The largest absolute Gasteiger partial charge is 0.338 e. The monoisotopic (exact) mass is 375 g/mol. The number of imidazole rings is 1. The Labute approximate surface area is 165 Å². The number of benzene rings is 2. The van der Waals surface area contributed by atoms with E-state index in [-0.39, 0.29) is 5.82 Å². The second-order valence-corrected chi connectivity index (χ2v) is 7.39. The molecule has 3 nitrogen and oxygen atoms in total. The lowest BCUT2D eigenvalue weighted by Crippen LogP contribution is -2.15. The lowest BCUT2D eigenvalue weighted by atomic mass is 9.97. The van der Waals surface area contributed by atoms with Crippen molar-refractivity contribution >= 4 is 0 Å². The summed E-state index contributed by atoms with van der Waals surface area (Å²) < 4.78 is 13.1. The van der Waals surface area contributed by atoms with Gasteiger partial charge in [-0.1, -0.05) is 29.8 Å². The Hall–Kier alpha value is -2.72. The van der Waals surface area contributed by atoms with Crippen LogP contribution in [0.1, 0.15) is 37.7 Å². The summed E-state index contributed by atoms with van der Waals surface area (Å²) in [4.78, 5) is 7.79. The molecule has 1 aromatic heterocycles. The number of aromatic amines is 1. The van der Waals surface area contributed by atoms with E-state index >= 15 is 0 Å².